The number of rotatable bonds is 6. The molecule has 0 radical (unpaired) electrons. The molecule has 0 saturated heterocycles. The molecule has 5 heteroatoms. The van der Waals surface area contributed by atoms with Gasteiger partial charge in [0.25, 0.3) is 0 Å². The molecule has 0 aliphatic heterocycles. The maximum atomic E-state index is 11.2. The first-order chi connectivity index (χ1) is 8.24. The Morgan fingerprint density at radius 3 is 2.82 bits per heavy atom. The summed E-state index contributed by atoms with van der Waals surface area (Å²) in [5.41, 5.74) is 2.90. The van der Waals surface area contributed by atoms with Gasteiger partial charge in [0.2, 0.25) is 5.91 Å². The predicted molar refractivity (Wildman–Crippen MR) is 64.8 cm³/mol. The van der Waals surface area contributed by atoms with Crippen LogP contribution in [0, 0.1) is 0 Å². The number of carbonyl (C=O) groups excluding carboxylic acids is 1. The first kappa shape index (κ1) is 13.2. The highest BCUT2D eigenvalue weighted by Gasteiger charge is 1.99. The number of benzene rings is 1. The number of hydrogen-bond acceptors (Lipinski definition) is 4. The van der Waals surface area contributed by atoms with Crippen molar-refractivity contribution in [3.05, 3.63) is 29.8 Å². The Bertz CT molecular complexity index is 391. The summed E-state index contributed by atoms with van der Waals surface area (Å²) in [5.74, 6) is -0.0871. The molecule has 0 bridgehead atoms. The lowest BCUT2D eigenvalue weighted by molar-refractivity contribution is -0.121. The van der Waals surface area contributed by atoms with Crippen molar-refractivity contribution in [3.8, 4) is 5.75 Å². The third-order valence-electron chi connectivity index (χ3n) is 2.14. The summed E-state index contributed by atoms with van der Waals surface area (Å²) in [7, 11) is 0. The molecule has 0 atom stereocenters. The first-order valence-corrected chi connectivity index (χ1v) is 5.45. The molecule has 5 nitrogen and oxygen atoms in total. The molecular formula is C12H16N2O3. The molecule has 0 unspecified atom stereocenters. The summed E-state index contributed by atoms with van der Waals surface area (Å²) >= 11 is 0. The standard InChI is InChI=1S/C12H16N2O3/c15-8-4-3-7-12(17)14-13-9-10-5-1-2-6-11(10)16/h1-2,5-6,9,15-16H,3-4,7-8H2,(H,14,17)/b13-9+. The van der Waals surface area contributed by atoms with Gasteiger partial charge in [0.15, 0.2) is 0 Å². The first-order valence-electron chi connectivity index (χ1n) is 5.45. The van der Waals surface area contributed by atoms with E-state index in [4.69, 9.17) is 5.11 Å². The number of phenolic OH excluding ortho intramolecular Hbond substituents is 1. The van der Waals surface area contributed by atoms with E-state index < -0.39 is 0 Å². The Balaban J connectivity index is 2.35. The maximum absolute atomic E-state index is 11.2. The van der Waals surface area contributed by atoms with Crippen LogP contribution in [0.25, 0.3) is 0 Å². The van der Waals surface area contributed by atoms with E-state index in [-0.39, 0.29) is 18.3 Å². The molecule has 1 rings (SSSR count). The van der Waals surface area contributed by atoms with Crippen LogP contribution in [0.2, 0.25) is 0 Å². The molecule has 0 aliphatic carbocycles. The Morgan fingerprint density at radius 1 is 1.35 bits per heavy atom. The number of amides is 1. The van der Waals surface area contributed by atoms with Crippen molar-refractivity contribution in [1.82, 2.24) is 5.43 Å². The second kappa shape index (κ2) is 7.40. The van der Waals surface area contributed by atoms with Crippen LogP contribution in [0.5, 0.6) is 5.75 Å². The molecule has 0 aromatic heterocycles. The highest BCUT2D eigenvalue weighted by atomic mass is 16.3. The van der Waals surface area contributed by atoms with Gasteiger partial charge in [-0.05, 0) is 25.0 Å². The quantitative estimate of drug-likeness (QED) is 0.391. The van der Waals surface area contributed by atoms with Gasteiger partial charge < -0.3 is 10.2 Å². The molecule has 1 aromatic carbocycles. The van der Waals surface area contributed by atoms with E-state index in [0.29, 0.717) is 24.8 Å². The Morgan fingerprint density at radius 2 is 2.12 bits per heavy atom. The number of para-hydroxylation sites is 1. The van der Waals surface area contributed by atoms with Crippen molar-refractivity contribution in [2.24, 2.45) is 5.10 Å². The summed E-state index contributed by atoms with van der Waals surface area (Å²) in [6.07, 6.45) is 2.96. The topological polar surface area (TPSA) is 81.9 Å². The fourth-order valence-corrected chi connectivity index (χ4v) is 1.22. The van der Waals surface area contributed by atoms with Crippen LogP contribution >= 0.6 is 0 Å². The Hall–Kier alpha value is -1.88. The number of aromatic hydroxyl groups is 1. The second-order valence-corrected chi connectivity index (χ2v) is 3.53. The number of hydrazone groups is 1. The van der Waals surface area contributed by atoms with Gasteiger partial charge in [0, 0.05) is 18.6 Å². The summed E-state index contributed by atoms with van der Waals surface area (Å²) in [6.45, 7) is 0.0917. The van der Waals surface area contributed by atoms with Gasteiger partial charge >= 0.3 is 0 Å². The zero-order valence-electron chi connectivity index (χ0n) is 9.47. The molecule has 92 valence electrons. The minimum atomic E-state index is -0.204. The number of hydrogen-bond donors (Lipinski definition) is 3. The fraction of sp³-hybridized carbons (Fsp3) is 0.333. The Labute approximate surface area is 99.8 Å². The zero-order valence-corrected chi connectivity index (χ0v) is 9.47. The van der Waals surface area contributed by atoms with Crippen LogP contribution in [0.15, 0.2) is 29.4 Å². The van der Waals surface area contributed by atoms with Crippen molar-refractivity contribution in [3.63, 3.8) is 0 Å². The molecule has 17 heavy (non-hydrogen) atoms. The van der Waals surface area contributed by atoms with E-state index in [9.17, 15) is 9.90 Å². The number of carbonyl (C=O) groups is 1. The van der Waals surface area contributed by atoms with Crippen LogP contribution in [0.4, 0.5) is 0 Å². The fourth-order valence-electron chi connectivity index (χ4n) is 1.22. The van der Waals surface area contributed by atoms with E-state index in [1.807, 2.05) is 0 Å². The molecule has 1 amide bonds. The number of unbranched alkanes of at least 4 members (excludes halogenated alkanes) is 1. The number of nitrogens with zero attached hydrogens (tertiary/aromatic N) is 1. The van der Waals surface area contributed by atoms with Crippen LogP contribution in [0.1, 0.15) is 24.8 Å². The number of phenols is 1. The van der Waals surface area contributed by atoms with Crippen LogP contribution in [-0.2, 0) is 4.79 Å². The van der Waals surface area contributed by atoms with Crippen LogP contribution in [0.3, 0.4) is 0 Å². The molecule has 3 N–H and O–H groups in total. The van der Waals surface area contributed by atoms with E-state index in [2.05, 4.69) is 10.5 Å². The van der Waals surface area contributed by atoms with Gasteiger partial charge in [-0.2, -0.15) is 5.10 Å². The van der Waals surface area contributed by atoms with Crippen molar-refractivity contribution in [2.75, 3.05) is 6.61 Å². The van der Waals surface area contributed by atoms with Gasteiger partial charge in [0.1, 0.15) is 5.75 Å². The third kappa shape index (κ3) is 5.12. The van der Waals surface area contributed by atoms with Gasteiger partial charge in [-0.15, -0.1) is 0 Å². The predicted octanol–water partition coefficient (Wildman–Crippen LogP) is 1.00. The molecule has 0 heterocycles. The average molecular weight is 236 g/mol. The van der Waals surface area contributed by atoms with E-state index in [0.717, 1.165) is 0 Å². The van der Waals surface area contributed by atoms with Crippen molar-refractivity contribution < 1.29 is 15.0 Å². The molecule has 1 aromatic rings. The Kier molecular flexibility index (Phi) is 5.74. The highest BCUT2D eigenvalue weighted by Crippen LogP contribution is 2.12. The van der Waals surface area contributed by atoms with Gasteiger partial charge in [-0.1, -0.05) is 12.1 Å². The van der Waals surface area contributed by atoms with Crippen LogP contribution in [-0.4, -0.2) is 28.9 Å². The van der Waals surface area contributed by atoms with Gasteiger partial charge in [-0.3, -0.25) is 4.79 Å². The minimum absolute atomic E-state index is 0.0917. The molecule has 0 fully saturated rings. The van der Waals surface area contributed by atoms with Gasteiger partial charge in [-0.25, -0.2) is 5.43 Å². The molecule has 0 saturated carbocycles. The maximum Gasteiger partial charge on any atom is 0.240 e. The number of nitrogens with one attached hydrogen (secondary N) is 1. The monoisotopic (exact) mass is 236 g/mol. The smallest absolute Gasteiger partial charge is 0.240 e. The second-order valence-electron chi connectivity index (χ2n) is 3.53. The van der Waals surface area contributed by atoms with Crippen LogP contribution < -0.4 is 5.43 Å². The highest BCUT2D eigenvalue weighted by molar-refractivity contribution is 5.84. The number of aliphatic hydroxyl groups excluding tert-OH is 1. The van der Waals surface area contributed by atoms with Crippen molar-refractivity contribution >= 4 is 12.1 Å². The summed E-state index contributed by atoms with van der Waals surface area (Å²) in [6, 6.07) is 6.71. The van der Waals surface area contributed by atoms with E-state index in [1.165, 1.54) is 6.21 Å². The lowest BCUT2D eigenvalue weighted by Gasteiger charge is -1.99. The zero-order chi connectivity index (χ0) is 12.5. The lowest BCUT2D eigenvalue weighted by Crippen LogP contribution is -2.17. The average Bonchev–Trinajstić information content (AvgIpc) is 2.32. The summed E-state index contributed by atoms with van der Waals surface area (Å²) in [4.78, 5) is 11.2. The molecule has 0 aliphatic rings. The van der Waals surface area contributed by atoms with Crippen molar-refractivity contribution in [1.29, 1.82) is 0 Å². The summed E-state index contributed by atoms with van der Waals surface area (Å²) < 4.78 is 0. The third-order valence-corrected chi connectivity index (χ3v) is 2.14. The lowest BCUT2D eigenvalue weighted by atomic mass is 10.2. The molecule has 0 spiro atoms. The normalized spacial score (nSPS) is 10.6. The van der Waals surface area contributed by atoms with Gasteiger partial charge in [0.05, 0.1) is 6.21 Å². The summed E-state index contributed by atoms with van der Waals surface area (Å²) in [5, 5.41) is 21.7. The minimum Gasteiger partial charge on any atom is -0.507 e. The number of aliphatic hydroxyl groups is 1. The van der Waals surface area contributed by atoms with Crippen molar-refractivity contribution in [2.45, 2.75) is 19.3 Å². The van der Waals surface area contributed by atoms with E-state index in [1.54, 1.807) is 24.3 Å². The van der Waals surface area contributed by atoms with E-state index >= 15 is 0 Å². The largest absolute Gasteiger partial charge is 0.507 e. The SMILES string of the molecule is O=C(CCCCO)N/N=C/c1ccccc1O. The molecular weight excluding hydrogens is 220 g/mol.